The van der Waals surface area contributed by atoms with Crippen LogP contribution in [0.15, 0.2) is 23.0 Å². The number of carbonyl (C=O) groups excluding carboxylic acids is 1. The second kappa shape index (κ2) is 8.71. The lowest BCUT2D eigenvalue weighted by Crippen LogP contribution is -2.41. The van der Waals surface area contributed by atoms with Gasteiger partial charge in [-0.05, 0) is 25.0 Å². The van der Waals surface area contributed by atoms with Crippen molar-refractivity contribution < 1.29 is 9.53 Å². The molecule has 4 rings (SSSR count). The van der Waals surface area contributed by atoms with E-state index in [9.17, 15) is 9.59 Å². The van der Waals surface area contributed by atoms with E-state index < -0.39 is 0 Å². The SMILES string of the molecule is COCC(=O)N1CCCC(c2nc3c(nnn3Cc3c(Cl)cccc3Cl)c(=O)[nH]2)C1. The van der Waals surface area contributed by atoms with Gasteiger partial charge in [0.25, 0.3) is 5.56 Å². The Labute approximate surface area is 181 Å². The molecule has 3 heterocycles. The molecule has 1 aromatic carbocycles. The maximum atomic E-state index is 12.6. The Morgan fingerprint density at radius 2 is 2.10 bits per heavy atom. The molecule has 1 fully saturated rings. The van der Waals surface area contributed by atoms with E-state index >= 15 is 0 Å². The van der Waals surface area contributed by atoms with Gasteiger partial charge in [0.2, 0.25) is 5.91 Å². The van der Waals surface area contributed by atoms with Crippen LogP contribution in [-0.4, -0.2) is 62.6 Å². The van der Waals surface area contributed by atoms with Crippen molar-refractivity contribution in [1.29, 1.82) is 0 Å². The van der Waals surface area contributed by atoms with Crippen LogP contribution in [0.2, 0.25) is 10.0 Å². The van der Waals surface area contributed by atoms with Crippen LogP contribution in [0.3, 0.4) is 0 Å². The molecule has 0 saturated carbocycles. The van der Waals surface area contributed by atoms with E-state index in [4.69, 9.17) is 27.9 Å². The molecule has 1 aliphatic rings. The predicted molar refractivity (Wildman–Crippen MR) is 112 cm³/mol. The number of halogens is 2. The van der Waals surface area contributed by atoms with Gasteiger partial charge in [0.1, 0.15) is 12.4 Å². The maximum Gasteiger partial charge on any atom is 0.281 e. The molecule has 9 nitrogen and oxygen atoms in total. The Kier molecular flexibility index (Phi) is 6.03. The summed E-state index contributed by atoms with van der Waals surface area (Å²) < 4.78 is 6.46. The number of H-pyrrole nitrogens is 1. The van der Waals surface area contributed by atoms with E-state index in [2.05, 4.69) is 20.3 Å². The van der Waals surface area contributed by atoms with Crippen LogP contribution >= 0.6 is 23.2 Å². The number of hydrogen-bond acceptors (Lipinski definition) is 6. The van der Waals surface area contributed by atoms with Crippen LogP contribution < -0.4 is 5.56 Å². The quantitative estimate of drug-likeness (QED) is 0.638. The largest absolute Gasteiger partial charge is 0.375 e. The molecule has 0 spiro atoms. The third kappa shape index (κ3) is 4.05. The lowest BCUT2D eigenvalue weighted by atomic mass is 9.97. The van der Waals surface area contributed by atoms with Gasteiger partial charge < -0.3 is 14.6 Å². The Balaban J connectivity index is 1.67. The highest BCUT2D eigenvalue weighted by Crippen LogP contribution is 2.27. The number of amides is 1. The summed E-state index contributed by atoms with van der Waals surface area (Å²) in [6.07, 6.45) is 1.62. The van der Waals surface area contributed by atoms with Gasteiger partial charge >= 0.3 is 0 Å². The molecule has 1 unspecified atom stereocenters. The molecule has 158 valence electrons. The van der Waals surface area contributed by atoms with Crippen molar-refractivity contribution in [3.05, 3.63) is 50.0 Å². The molecule has 0 aliphatic carbocycles. The minimum absolute atomic E-state index is 0.0327. The molecule has 30 heavy (non-hydrogen) atoms. The number of nitrogens with one attached hydrogen (secondary N) is 1. The summed E-state index contributed by atoms with van der Waals surface area (Å²) in [7, 11) is 1.49. The Morgan fingerprint density at radius 3 is 2.83 bits per heavy atom. The summed E-state index contributed by atoms with van der Waals surface area (Å²) in [4.78, 5) is 34.0. The maximum absolute atomic E-state index is 12.6. The number of aromatic nitrogens is 5. The molecule has 1 atom stereocenters. The Morgan fingerprint density at radius 1 is 1.33 bits per heavy atom. The van der Waals surface area contributed by atoms with Crippen LogP contribution in [0.4, 0.5) is 0 Å². The van der Waals surface area contributed by atoms with Crippen molar-refractivity contribution in [1.82, 2.24) is 29.9 Å². The Bertz CT molecular complexity index is 1120. The van der Waals surface area contributed by atoms with Crippen LogP contribution in [0.25, 0.3) is 11.2 Å². The second-order valence-electron chi connectivity index (χ2n) is 7.18. The zero-order valence-electron chi connectivity index (χ0n) is 16.3. The number of aromatic amines is 1. The first-order valence-electron chi connectivity index (χ1n) is 9.51. The topological polar surface area (TPSA) is 106 Å². The third-order valence-corrected chi connectivity index (χ3v) is 5.90. The fourth-order valence-electron chi connectivity index (χ4n) is 3.66. The van der Waals surface area contributed by atoms with Crippen molar-refractivity contribution >= 4 is 40.3 Å². The standard InChI is InChI=1S/C19H20Cl2N6O3/c1-30-10-15(28)26-7-3-4-11(8-26)17-22-18-16(19(29)23-17)24-25-27(18)9-12-13(20)5-2-6-14(12)21/h2,5-6,11H,3-4,7-10H2,1H3,(H,22,23,29). The smallest absolute Gasteiger partial charge is 0.281 e. The molecule has 2 aromatic heterocycles. The van der Waals surface area contributed by atoms with Gasteiger partial charge in [-0.15, -0.1) is 5.10 Å². The Hall–Kier alpha value is -2.49. The first-order valence-corrected chi connectivity index (χ1v) is 10.3. The van der Waals surface area contributed by atoms with Crippen molar-refractivity contribution in [3.63, 3.8) is 0 Å². The zero-order chi connectivity index (χ0) is 21.3. The number of benzene rings is 1. The van der Waals surface area contributed by atoms with Crippen LogP contribution in [0.5, 0.6) is 0 Å². The van der Waals surface area contributed by atoms with Gasteiger partial charge in [-0.1, -0.05) is 34.5 Å². The lowest BCUT2D eigenvalue weighted by Gasteiger charge is -2.32. The molecule has 0 bridgehead atoms. The van der Waals surface area contributed by atoms with E-state index in [1.165, 1.54) is 11.8 Å². The van der Waals surface area contributed by atoms with Crippen LogP contribution in [-0.2, 0) is 16.1 Å². The summed E-state index contributed by atoms with van der Waals surface area (Å²) in [5.74, 6) is 0.339. The number of rotatable bonds is 5. The normalized spacial score (nSPS) is 16.9. The number of nitrogens with zero attached hydrogens (tertiary/aromatic N) is 5. The fraction of sp³-hybridized carbons (Fsp3) is 0.421. The molecular formula is C19H20Cl2N6O3. The van der Waals surface area contributed by atoms with Gasteiger partial charge in [-0.25, -0.2) is 9.67 Å². The lowest BCUT2D eigenvalue weighted by molar-refractivity contribution is -0.136. The van der Waals surface area contributed by atoms with Gasteiger partial charge in [0, 0.05) is 41.7 Å². The molecule has 1 aliphatic heterocycles. The highest BCUT2D eigenvalue weighted by atomic mass is 35.5. The van der Waals surface area contributed by atoms with E-state index in [0.29, 0.717) is 40.2 Å². The van der Waals surface area contributed by atoms with E-state index in [-0.39, 0.29) is 36.1 Å². The summed E-state index contributed by atoms with van der Waals surface area (Å²) >= 11 is 12.5. The molecule has 1 N–H and O–H groups in total. The number of ether oxygens (including phenoxy) is 1. The molecule has 1 amide bonds. The van der Waals surface area contributed by atoms with Gasteiger partial charge in [-0.3, -0.25) is 9.59 Å². The minimum Gasteiger partial charge on any atom is -0.375 e. The molecule has 0 radical (unpaired) electrons. The van der Waals surface area contributed by atoms with E-state index in [1.807, 2.05) is 0 Å². The highest BCUT2D eigenvalue weighted by molar-refractivity contribution is 6.36. The number of carbonyl (C=O) groups is 1. The minimum atomic E-state index is -0.369. The van der Waals surface area contributed by atoms with Gasteiger partial charge in [0.05, 0.1) is 6.54 Å². The molecule has 1 saturated heterocycles. The number of piperidine rings is 1. The molecule has 11 heteroatoms. The van der Waals surface area contributed by atoms with Crippen LogP contribution in [0, 0.1) is 0 Å². The number of methoxy groups -OCH3 is 1. The molecule has 3 aromatic rings. The van der Waals surface area contributed by atoms with Crippen molar-refractivity contribution in [2.45, 2.75) is 25.3 Å². The van der Waals surface area contributed by atoms with E-state index in [0.717, 1.165) is 12.8 Å². The highest BCUT2D eigenvalue weighted by Gasteiger charge is 2.27. The van der Waals surface area contributed by atoms with E-state index in [1.54, 1.807) is 23.1 Å². The monoisotopic (exact) mass is 450 g/mol. The summed E-state index contributed by atoms with van der Waals surface area (Å²) in [6.45, 7) is 1.39. The summed E-state index contributed by atoms with van der Waals surface area (Å²) in [6, 6.07) is 5.23. The average Bonchev–Trinajstić information content (AvgIpc) is 3.14. The summed E-state index contributed by atoms with van der Waals surface area (Å²) in [5, 5.41) is 9.03. The van der Waals surface area contributed by atoms with Gasteiger partial charge in [0.15, 0.2) is 11.2 Å². The van der Waals surface area contributed by atoms with Gasteiger partial charge in [-0.2, -0.15) is 0 Å². The van der Waals surface area contributed by atoms with Crippen molar-refractivity contribution in [3.8, 4) is 0 Å². The molecular weight excluding hydrogens is 431 g/mol. The number of hydrogen-bond donors (Lipinski definition) is 1. The second-order valence-corrected chi connectivity index (χ2v) is 8.00. The summed E-state index contributed by atoms with van der Waals surface area (Å²) in [5.41, 5.74) is 0.798. The zero-order valence-corrected chi connectivity index (χ0v) is 17.8. The number of fused-ring (bicyclic) bond motifs is 1. The van der Waals surface area contributed by atoms with Crippen molar-refractivity contribution in [2.75, 3.05) is 26.8 Å². The first-order chi connectivity index (χ1) is 14.5. The first kappa shape index (κ1) is 20.8. The number of likely N-dealkylation sites (tertiary alicyclic amines) is 1. The average molecular weight is 451 g/mol. The van der Waals surface area contributed by atoms with Crippen molar-refractivity contribution in [2.24, 2.45) is 0 Å². The third-order valence-electron chi connectivity index (χ3n) is 5.19. The van der Waals surface area contributed by atoms with Crippen LogP contribution in [0.1, 0.15) is 30.1 Å². The predicted octanol–water partition coefficient (Wildman–Crippen LogP) is 2.22. The fourth-order valence-corrected chi connectivity index (χ4v) is 4.17.